The van der Waals surface area contributed by atoms with Gasteiger partial charge in [-0.15, -0.1) is 11.3 Å². The van der Waals surface area contributed by atoms with Crippen molar-refractivity contribution in [2.45, 2.75) is 6.42 Å². The van der Waals surface area contributed by atoms with Gasteiger partial charge in [-0.3, -0.25) is 4.79 Å². The fourth-order valence-corrected chi connectivity index (χ4v) is 2.19. The molecule has 18 heavy (non-hydrogen) atoms. The van der Waals surface area contributed by atoms with E-state index in [4.69, 9.17) is 16.3 Å². The summed E-state index contributed by atoms with van der Waals surface area (Å²) < 4.78 is 5.15. The fourth-order valence-electron chi connectivity index (χ4n) is 1.46. The number of thiazole rings is 1. The highest BCUT2D eigenvalue weighted by Crippen LogP contribution is 2.27. The molecule has 0 aliphatic rings. The molecule has 1 N–H and O–H groups in total. The topological polar surface area (TPSA) is 51.2 Å². The zero-order valence-corrected chi connectivity index (χ0v) is 11.2. The number of amides is 1. The van der Waals surface area contributed by atoms with E-state index in [1.807, 2.05) is 5.38 Å². The Bertz CT molecular complexity index is 543. The van der Waals surface area contributed by atoms with Gasteiger partial charge in [0.2, 0.25) is 5.91 Å². The summed E-state index contributed by atoms with van der Waals surface area (Å²) in [5.74, 6) is 0.424. The minimum atomic E-state index is -0.151. The number of aromatic nitrogens is 1. The van der Waals surface area contributed by atoms with Gasteiger partial charge < -0.3 is 10.1 Å². The Morgan fingerprint density at radius 1 is 1.56 bits per heavy atom. The van der Waals surface area contributed by atoms with Crippen molar-refractivity contribution in [3.63, 3.8) is 0 Å². The average Bonchev–Trinajstić information content (AvgIpc) is 2.82. The quantitative estimate of drug-likeness (QED) is 0.938. The van der Waals surface area contributed by atoms with Gasteiger partial charge in [0, 0.05) is 10.4 Å². The lowest BCUT2D eigenvalue weighted by Gasteiger charge is -2.09. The van der Waals surface area contributed by atoms with Gasteiger partial charge >= 0.3 is 0 Å². The van der Waals surface area contributed by atoms with E-state index in [2.05, 4.69) is 10.3 Å². The van der Waals surface area contributed by atoms with Crippen LogP contribution in [0.5, 0.6) is 5.75 Å². The number of hydrogen-bond donors (Lipinski definition) is 1. The molecule has 0 fully saturated rings. The molecule has 1 amide bonds. The molecule has 0 radical (unpaired) electrons. The Kier molecular flexibility index (Phi) is 4.17. The first-order chi connectivity index (χ1) is 8.69. The molecule has 0 saturated carbocycles. The third kappa shape index (κ3) is 3.21. The number of benzene rings is 1. The third-order valence-corrected chi connectivity index (χ3v) is 3.13. The minimum absolute atomic E-state index is 0.151. The Morgan fingerprint density at radius 2 is 2.39 bits per heavy atom. The lowest BCUT2D eigenvalue weighted by atomic mass is 10.2. The first-order valence-corrected chi connectivity index (χ1v) is 6.51. The van der Waals surface area contributed by atoms with E-state index in [0.717, 1.165) is 5.69 Å². The van der Waals surface area contributed by atoms with Crippen molar-refractivity contribution in [3.8, 4) is 5.75 Å². The van der Waals surface area contributed by atoms with Crippen LogP contribution in [0, 0.1) is 0 Å². The molecule has 94 valence electrons. The molecule has 0 aliphatic heterocycles. The standard InChI is InChI=1S/C12H11ClN2O2S/c1-17-11-3-2-8(13)4-10(11)15-12(16)5-9-6-18-7-14-9/h2-4,6-7H,5H2,1H3,(H,15,16). The fraction of sp³-hybridized carbons (Fsp3) is 0.167. The molecule has 1 aromatic heterocycles. The van der Waals surface area contributed by atoms with Gasteiger partial charge in [-0.1, -0.05) is 11.6 Å². The van der Waals surface area contributed by atoms with E-state index in [1.54, 1.807) is 30.8 Å². The maximum absolute atomic E-state index is 11.8. The van der Waals surface area contributed by atoms with Crippen molar-refractivity contribution >= 4 is 34.5 Å². The number of anilines is 1. The number of rotatable bonds is 4. The smallest absolute Gasteiger partial charge is 0.230 e. The summed E-state index contributed by atoms with van der Waals surface area (Å²) in [6.07, 6.45) is 0.235. The highest BCUT2D eigenvalue weighted by molar-refractivity contribution is 7.07. The molecular weight excluding hydrogens is 272 g/mol. The Hall–Kier alpha value is -1.59. The molecule has 2 rings (SSSR count). The van der Waals surface area contributed by atoms with Crippen molar-refractivity contribution in [1.29, 1.82) is 0 Å². The van der Waals surface area contributed by atoms with Crippen LogP contribution in [0.2, 0.25) is 5.02 Å². The molecule has 0 saturated heterocycles. The van der Waals surface area contributed by atoms with Gasteiger partial charge in [0.25, 0.3) is 0 Å². The lowest BCUT2D eigenvalue weighted by Crippen LogP contribution is -2.15. The molecule has 2 aromatic rings. The van der Waals surface area contributed by atoms with Crippen LogP contribution in [0.15, 0.2) is 29.1 Å². The second-order valence-corrected chi connectivity index (χ2v) is 4.70. The van der Waals surface area contributed by atoms with Crippen molar-refractivity contribution in [2.75, 3.05) is 12.4 Å². The van der Waals surface area contributed by atoms with E-state index in [-0.39, 0.29) is 12.3 Å². The number of hydrogen-bond acceptors (Lipinski definition) is 4. The van der Waals surface area contributed by atoms with Crippen LogP contribution < -0.4 is 10.1 Å². The van der Waals surface area contributed by atoms with Crippen molar-refractivity contribution < 1.29 is 9.53 Å². The molecule has 6 heteroatoms. The van der Waals surface area contributed by atoms with Gasteiger partial charge in [0.1, 0.15) is 5.75 Å². The van der Waals surface area contributed by atoms with E-state index in [9.17, 15) is 4.79 Å². The van der Waals surface area contributed by atoms with Gasteiger partial charge in [-0.2, -0.15) is 0 Å². The molecule has 0 atom stereocenters. The molecule has 0 aliphatic carbocycles. The maximum Gasteiger partial charge on any atom is 0.230 e. The van der Waals surface area contributed by atoms with E-state index < -0.39 is 0 Å². The number of nitrogens with one attached hydrogen (secondary N) is 1. The monoisotopic (exact) mass is 282 g/mol. The number of halogens is 1. The van der Waals surface area contributed by atoms with Gasteiger partial charge in [-0.05, 0) is 18.2 Å². The van der Waals surface area contributed by atoms with Crippen LogP contribution in [0.1, 0.15) is 5.69 Å². The second-order valence-electron chi connectivity index (χ2n) is 3.55. The van der Waals surface area contributed by atoms with Crippen LogP contribution in [-0.4, -0.2) is 18.0 Å². The van der Waals surface area contributed by atoms with Crippen LogP contribution in [0.25, 0.3) is 0 Å². The van der Waals surface area contributed by atoms with Gasteiger partial charge in [0.15, 0.2) is 0 Å². The van der Waals surface area contributed by atoms with Crippen LogP contribution in [-0.2, 0) is 11.2 Å². The summed E-state index contributed by atoms with van der Waals surface area (Å²) >= 11 is 7.34. The molecule has 0 bridgehead atoms. The summed E-state index contributed by atoms with van der Waals surface area (Å²) in [6.45, 7) is 0. The average molecular weight is 283 g/mol. The molecule has 1 aromatic carbocycles. The summed E-state index contributed by atoms with van der Waals surface area (Å²) in [7, 11) is 1.54. The Morgan fingerprint density at radius 3 is 3.06 bits per heavy atom. The highest BCUT2D eigenvalue weighted by Gasteiger charge is 2.09. The van der Waals surface area contributed by atoms with E-state index >= 15 is 0 Å². The summed E-state index contributed by atoms with van der Waals surface area (Å²) in [5, 5.41) is 5.14. The van der Waals surface area contributed by atoms with E-state index in [1.165, 1.54) is 11.3 Å². The van der Waals surface area contributed by atoms with Crippen molar-refractivity contribution in [3.05, 3.63) is 39.8 Å². The predicted octanol–water partition coefficient (Wildman–Crippen LogP) is 2.99. The van der Waals surface area contributed by atoms with Crippen molar-refractivity contribution in [2.24, 2.45) is 0 Å². The molecule has 1 heterocycles. The highest BCUT2D eigenvalue weighted by atomic mass is 35.5. The number of methoxy groups -OCH3 is 1. The van der Waals surface area contributed by atoms with Gasteiger partial charge in [-0.25, -0.2) is 4.98 Å². The third-order valence-electron chi connectivity index (χ3n) is 2.26. The normalized spacial score (nSPS) is 10.1. The molecular formula is C12H11ClN2O2S. The van der Waals surface area contributed by atoms with Crippen LogP contribution in [0.4, 0.5) is 5.69 Å². The molecule has 0 spiro atoms. The summed E-state index contributed by atoms with van der Waals surface area (Å²) in [4.78, 5) is 15.9. The first-order valence-electron chi connectivity index (χ1n) is 5.19. The Labute approximate surface area is 114 Å². The van der Waals surface area contributed by atoms with E-state index in [0.29, 0.717) is 16.5 Å². The maximum atomic E-state index is 11.8. The van der Waals surface area contributed by atoms with Crippen LogP contribution >= 0.6 is 22.9 Å². The zero-order valence-electron chi connectivity index (χ0n) is 9.64. The molecule has 4 nitrogen and oxygen atoms in total. The largest absolute Gasteiger partial charge is 0.495 e. The number of carbonyl (C=O) groups is 1. The van der Waals surface area contributed by atoms with Crippen LogP contribution in [0.3, 0.4) is 0 Å². The Balaban J connectivity index is 2.08. The summed E-state index contributed by atoms with van der Waals surface area (Å²) in [5.41, 5.74) is 3.01. The molecule has 0 unspecified atom stereocenters. The second kappa shape index (κ2) is 5.84. The zero-order chi connectivity index (χ0) is 13.0. The SMILES string of the molecule is COc1ccc(Cl)cc1NC(=O)Cc1cscn1. The number of nitrogens with zero attached hydrogens (tertiary/aromatic N) is 1. The van der Waals surface area contributed by atoms with Gasteiger partial charge in [0.05, 0.1) is 30.4 Å². The minimum Gasteiger partial charge on any atom is -0.495 e. The first kappa shape index (κ1) is 12.9. The number of carbonyl (C=O) groups excluding carboxylic acids is 1. The van der Waals surface area contributed by atoms with Crippen molar-refractivity contribution in [1.82, 2.24) is 4.98 Å². The lowest BCUT2D eigenvalue weighted by molar-refractivity contribution is -0.115. The number of ether oxygens (including phenoxy) is 1. The predicted molar refractivity (Wildman–Crippen MR) is 72.5 cm³/mol. The summed E-state index contributed by atoms with van der Waals surface area (Å²) in [6, 6.07) is 5.07.